The van der Waals surface area contributed by atoms with E-state index in [1.165, 1.54) is 0 Å². The quantitative estimate of drug-likeness (QED) is 0.801. The molecule has 0 saturated carbocycles. The summed E-state index contributed by atoms with van der Waals surface area (Å²) < 4.78 is 7.00. The van der Waals surface area contributed by atoms with Crippen molar-refractivity contribution in [2.24, 2.45) is 0 Å². The van der Waals surface area contributed by atoms with Gasteiger partial charge in [0, 0.05) is 12.4 Å². The molecule has 0 spiro atoms. The molecule has 0 saturated heterocycles. The molecule has 3 aromatic heterocycles. The van der Waals surface area contributed by atoms with Gasteiger partial charge in [0.15, 0.2) is 5.82 Å². The van der Waals surface area contributed by atoms with Crippen LogP contribution in [-0.4, -0.2) is 20.7 Å². The molecule has 0 aliphatic carbocycles. The lowest BCUT2D eigenvalue weighted by atomic mass is 10.2. The monoisotopic (exact) mass is 282 g/mol. The Kier molecular flexibility index (Phi) is 3.27. The minimum atomic E-state index is -0.210. The molecular weight excluding hydrogens is 268 g/mol. The molecular formula is C15H14N4O2. The molecule has 0 radical (unpaired) electrons. The highest BCUT2D eigenvalue weighted by Gasteiger charge is 2.13. The molecule has 0 aromatic carbocycles. The highest BCUT2D eigenvalue weighted by Crippen LogP contribution is 2.16. The lowest BCUT2D eigenvalue weighted by Gasteiger charge is -2.05. The fourth-order valence-electron chi connectivity index (χ4n) is 2.05. The lowest BCUT2D eigenvalue weighted by molar-refractivity contribution is 0.102. The summed E-state index contributed by atoms with van der Waals surface area (Å²) in [6, 6.07) is 7.11. The van der Waals surface area contributed by atoms with Crippen LogP contribution in [0, 0.1) is 13.8 Å². The average Bonchev–Trinajstić information content (AvgIpc) is 3.09. The fourth-order valence-corrected chi connectivity index (χ4v) is 2.05. The molecule has 6 nitrogen and oxygen atoms in total. The Morgan fingerprint density at radius 3 is 2.76 bits per heavy atom. The molecule has 0 unspecified atom stereocenters. The van der Waals surface area contributed by atoms with Gasteiger partial charge in [-0.3, -0.25) is 4.79 Å². The summed E-state index contributed by atoms with van der Waals surface area (Å²) >= 11 is 0. The summed E-state index contributed by atoms with van der Waals surface area (Å²) in [4.78, 5) is 16.4. The van der Waals surface area contributed by atoms with Crippen LogP contribution in [0.1, 0.15) is 21.9 Å². The van der Waals surface area contributed by atoms with Crippen molar-refractivity contribution in [2.45, 2.75) is 13.8 Å². The summed E-state index contributed by atoms with van der Waals surface area (Å²) in [5.74, 6) is 1.79. The third-order valence-electron chi connectivity index (χ3n) is 3.03. The summed E-state index contributed by atoms with van der Waals surface area (Å²) in [5, 5.41) is 6.89. The van der Waals surface area contributed by atoms with Crippen molar-refractivity contribution in [1.82, 2.24) is 14.8 Å². The van der Waals surface area contributed by atoms with E-state index in [1.807, 2.05) is 13.0 Å². The average molecular weight is 282 g/mol. The third-order valence-corrected chi connectivity index (χ3v) is 3.03. The molecule has 0 fully saturated rings. The third kappa shape index (κ3) is 2.69. The topological polar surface area (TPSA) is 73.0 Å². The van der Waals surface area contributed by atoms with Crippen LogP contribution in [0.25, 0.3) is 5.82 Å². The number of carbonyl (C=O) groups is 1. The van der Waals surface area contributed by atoms with Crippen molar-refractivity contribution in [3.63, 3.8) is 0 Å². The van der Waals surface area contributed by atoms with Crippen molar-refractivity contribution in [1.29, 1.82) is 0 Å². The number of nitrogens with one attached hydrogen (secondary N) is 1. The number of furan rings is 1. The molecule has 1 N–H and O–H groups in total. The number of amides is 1. The van der Waals surface area contributed by atoms with Crippen LogP contribution < -0.4 is 5.32 Å². The molecule has 3 heterocycles. The van der Waals surface area contributed by atoms with Gasteiger partial charge in [-0.25, -0.2) is 9.67 Å². The van der Waals surface area contributed by atoms with Crippen molar-refractivity contribution < 1.29 is 9.21 Å². The van der Waals surface area contributed by atoms with E-state index in [-0.39, 0.29) is 5.91 Å². The Morgan fingerprint density at radius 2 is 2.19 bits per heavy atom. The van der Waals surface area contributed by atoms with E-state index in [2.05, 4.69) is 15.4 Å². The second-order valence-electron chi connectivity index (χ2n) is 4.64. The van der Waals surface area contributed by atoms with E-state index in [1.54, 1.807) is 48.4 Å². The molecule has 106 valence electrons. The van der Waals surface area contributed by atoms with Gasteiger partial charge < -0.3 is 9.73 Å². The molecule has 0 atom stereocenters. The first-order valence-electron chi connectivity index (χ1n) is 6.48. The highest BCUT2D eigenvalue weighted by atomic mass is 16.3. The summed E-state index contributed by atoms with van der Waals surface area (Å²) in [7, 11) is 0. The molecule has 1 amide bonds. The Morgan fingerprint density at radius 1 is 1.33 bits per heavy atom. The number of hydrogen-bond acceptors (Lipinski definition) is 4. The van der Waals surface area contributed by atoms with E-state index in [4.69, 9.17) is 4.42 Å². The maximum absolute atomic E-state index is 12.1. The first kappa shape index (κ1) is 13.1. The molecule has 3 aromatic rings. The van der Waals surface area contributed by atoms with E-state index in [0.717, 1.165) is 0 Å². The highest BCUT2D eigenvalue weighted by molar-refractivity contribution is 6.04. The second kappa shape index (κ2) is 5.24. The Hall–Kier alpha value is -2.89. The predicted molar refractivity (Wildman–Crippen MR) is 77.5 cm³/mol. The summed E-state index contributed by atoms with van der Waals surface area (Å²) in [6.07, 6.45) is 5.08. The Balaban J connectivity index is 1.76. The summed E-state index contributed by atoms with van der Waals surface area (Å²) in [5.41, 5.74) is 1.15. The van der Waals surface area contributed by atoms with Gasteiger partial charge in [0.2, 0.25) is 0 Å². The lowest BCUT2D eigenvalue weighted by Crippen LogP contribution is -2.12. The van der Waals surface area contributed by atoms with Crippen LogP contribution in [0.5, 0.6) is 0 Å². The van der Waals surface area contributed by atoms with Crippen LogP contribution >= 0.6 is 0 Å². The minimum absolute atomic E-state index is 0.210. The largest absolute Gasteiger partial charge is 0.466 e. The van der Waals surface area contributed by atoms with E-state index >= 15 is 0 Å². The first-order valence-corrected chi connectivity index (χ1v) is 6.48. The van der Waals surface area contributed by atoms with Gasteiger partial charge in [0.05, 0.1) is 17.4 Å². The number of hydrogen-bond donors (Lipinski definition) is 1. The number of aromatic nitrogens is 3. The molecule has 21 heavy (non-hydrogen) atoms. The van der Waals surface area contributed by atoms with Crippen LogP contribution in [0.4, 0.5) is 5.69 Å². The second-order valence-corrected chi connectivity index (χ2v) is 4.64. The number of anilines is 1. The van der Waals surface area contributed by atoms with Crippen LogP contribution in [0.2, 0.25) is 0 Å². The van der Waals surface area contributed by atoms with Gasteiger partial charge in [-0.2, -0.15) is 5.10 Å². The molecule has 0 aliphatic heterocycles. The van der Waals surface area contributed by atoms with Crippen molar-refractivity contribution >= 4 is 11.6 Å². The number of carbonyl (C=O) groups excluding carboxylic acids is 1. The number of pyridine rings is 1. The van der Waals surface area contributed by atoms with E-state index in [9.17, 15) is 4.79 Å². The van der Waals surface area contributed by atoms with Gasteiger partial charge in [-0.05, 0) is 38.1 Å². The van der Waals surface area contributed by atoms with Crippen LogP contribution in [0.15, 0.2) is 47.3 Å². The zero-order valence-corrected chi connectivity index (χ0v) is 11.7. The van der Waals surface area contributed by atoms with Crippen LogP contribution in [-0.2, 0) is 0 Å². The van der Waals surface area contributed by atoms with Gasteiger partial charge in [-0.1, -0.05) is 0 Å². The summed E-state index contributed by atoms with van der Waals surface area (Å²) in [6.45, 7) is 3.57. The predicted octanol–water partition coefficient (Wildman–Crippen LogP) is 2.73. The number of rotatable bonds is 3. The normalized spacial score (nSPS) is 10.6. The standard InChI is InChI=1S/C15H14N4O2/c1-10-8-13(11(2)21-10)15(20)18-12-4-5-14(16-9-12)19-7-3-6-17-19/h3-9H,1-2H3,(H,18,20). The maximum atomic E-state index is 12.1. The smallest absolute Gasteiger partial charge is 0.259 e. The van der Waals surface area contributed by atoms with Crippen molar-refractivity contribution in [3.05, 3.63) is 59.9 Å². The number of nitrogens with zero attached hydrogens (tertiary/aromatic N) is 3. The van der Waals surface area contributed by atoms with E-state index < -0.39 is 0 Å². The molecule has 6 heteroatoms. The van der Waals surface area contributed by atoms with Gasteiger partial charge >= 0.3 is 0 Å². The van der Waals surface area contributed by atoms with E-state index in [0.29, 0.717) is 28.6 Å². The zero-order valence-electron chi connectivity index (χ0n) is 11.7. The molecule has 0 aliphatic rings. The number of aryl methyl sites for hydroxylation is 2. The zero-order chi connectivity index (χ0) is 14.8. The molecule has 3 rings (SSSR count). The van der Waals surface area contributed by atoms with Crippen molar-refractivity contribution in [2.75, 3.05) is 5.32 Å². The first-order chi connectivity index (χ1) is 10.1. The Labute approximate surface area is 121 Å². The van der Waals surface area contributed by atoms with Crippen LogP contribution in [0.3, 0.4) is 0 Å². The minimum Gasteiger partial charge on any atom is -0.466 e. The van der Waals surface area contributed by atoms with Gasteiger partial charge in [-0.15, -0.1) is 0 Å². The SMILES string of the molecule is Cc1cc(C(=O)Nc2ccc(-n3cccn3)nc2)c(C)o1. The maximum Gasteiger partial charge on any atom is 0.259 e. The Bertz CT molecular complexity index is 758. The van der Waals surface area contributed by atoms with Gasteiger partial charge in [0.1, 0.15) is 11.5 Å². The van der Waals surface area contributed by atoms with Crippen molar-refractivity contribution in [3.8, 4) is 5.82 Å². The van der Waals surface area contributed by atoms with Gasteiger partial charge in [0.25, 0.3) is 5.91 Å². The molecule has 0 bridgehead atoms. The fraction of sp³-hybridized carbons (Fsp3) is 0.133.